The molecule has 0 N–H and O–H groups in total. The van der Waals surface area contributed by atoms with Crippen LogP contribution in [0.25, 0.3) is 0 Å². The molecule has 0 aromatic heterocycles. The molecule has 0 aliphatic carbocycles. The van der Waals surface area contributed by atoms with Crippen LogP contribution < -0.4 is 0 Å². The van der Waals surface area contributed by atoms with Crippen molar-refractivity contribution in [2.24, 2.45) is 0 Å². The van der Waals surface area contributed by atoms with E-state index < -0.39 is 11.6 Å². The molecule has 4 heteroatoms. The van der Waals surface area contributed by atoms with E-state index in [2.05, 4.69) is 6.58 Å². The van der Waals surface area contributed by atoms with Crippen molar-refractivity contribution in [3.63, 3.8) is 0 Å². The molecular formula is C9H12Cl2O2. The molecule has 0 bridgehead atoms. The minimum atomic E-state index is -0.549. The predicted molar refractivity (Wildman–Crippen MR) is 56.0 cm³/mol. The van der Waals surface area contributed by atoms with Gasteiger partial charge in [-0.15, -0.1) is 0 Å². The Kier molecular flexibility index (Phi) is 9.19. The average Bonchev–Trinajstić information content (AvgIpc) is 2.17. The first-order chi connectivity index (χ1) is 6.00. The monoisotopic (exact) mass is 222 g/mol. The Morgan fingerprint density at radius 1 is 1.15 bits per heavy atom. The number of hydrogen-bond donors (Lipinski definition) is 0. The van der Waals surface area contributed by atoms with Crippen molar-refractivity contribution >= 4 is 34.8 Å². The molecule has 0 aliphatic heterocycles. The molecule has 0 amide bonds. The number of hydrogen-bond acceptors (Lipinski definition) is 2. The summed E-state index contributed by atoms with van der Waals surface area (Å²) in [4.78, 5) is 21.3. The summed E-state index contributed by atoms with van der Waals surface area (Å²) in [6.45, 7) is 8.41. The molecule has 74 valence electrons. The zero-order valence-corrected chi connectivity index (χ0v) is 9.37. The summed E-state index contributed by atoms with van der Waals surface area (Å²) in [5.41, 5.74) is 0. The van der Waals surface area contributed by atoms with E-state index in [9.17, 15) is 9.59 Å². The second-order valence-electron chi connectivity index (χ2n) is 1.75. The third-order valence-electron chi connectivity index (χ3n) is 0.904. The van der Waals surface area contributed by atoms with Gasteiger partial charge in [-0.3, -0.25) is 9.59 Å². The number of halogens is 2. The Morgan fingerprint density at radius 3 is 1.77 bits per heavy atom. The van der Waals surface area contributed by atoms with Crippen LogP contribution in [0.15, 0.2) is 22.7 Å². The maximum absolute atomic E-state index is 10.7. The van der Waals surface area contributed by atoms with E-state index in [0.717, 1.165) is 6.08 Å². The molecule has 0 spiro atoms. The summed E-state index contributed by atoms with van der Waals surface area (Å²) >= 11 is 10.8. The first kappa shape index (κ1) is 14.9. The van der Waals surface area contributed by atoms with Gasteiger partial charge in [0, 0.05) is 6.92 Å². The van der Waals surface area contributed by atoms with E-state index in [-0.39, 0.29) is 10.1 Å². The van der Waals surface area contributed by atoms with E-state index >= 15 is 0 Å². The normalized spacial score (nSPS) is 10.5. The van der Waals surface area contributed by atoms with Gasteiger partial charge in [-0.2, -0.15) is 0 Å². The second kappa shape index (κ2) is 8.02. The van der Waals surface area contributed by atoms with Gasteiger partial charge in [0.25, 0.3) is 0 Å². The van der Waals surface area contributed by atoms with E-state index in [1.807, 2.05) is 13.8 Å². The van der Waals surface area contributed by atoms with Crippen LogP contribution in [0.1, 0.15) is 20.8 Å². The fraction of sp³-hybridized carbons (Fsp3) is 0.333. The van der Waals surface area contributed by atoms with Crippen LogP contribution >= 0.6 is 23.2 Å². The number of carbonyl (C=O) groups is 2. The highest BCUT2D eigenvalue weighted by atomic mass is 35.5. The molecule has 0 radical (unpaired) electrons. The number of rotatable bonds is 3. The van der Waals surface area contributed by atoms with E-state index in [1.165, 1.54) is 6.92 Å². The van der Waals surface area contributed by atoms with Crippen LogP contribution in [0, 0.1) is 0 Å². The fourth-order valence-electron chi connectivity index (χ4n) is 0.352. The summed E-state index contributed by atoms with van der Waals surface area (Å²) in [5, 5.41) is -0.536. The van der Waals surface area contributed by atoms with E-state index in [0.29, 0.717) is 0 Å². The zero-order chi connectivity index (χ0) is 11.0. The first-order valence-electron chi connectivity index (χ1n) is 3.73. The topological polar surface area (TPSA) is 34.1 Å². The van der Waals surface area contributed by atoms with Crippen LogP contribution in [-0.2, 0) is 9.59 Å². The maximum atomic E-state index is 10.7. The lowest BCUT2D eigenvalue weighted by molar-refractivity contribution is -0.114. The zero-order valence-electron chi connectivity index (χ0n) is 7.86. The standard InChI is InChI=1S/C7H6Cl2O2.C2H6/c1-3-5(11)7(9)6(8)4(2)10;1-2/h3H,1H2,2H3;1-2H3/b7-6-;. The molecule has 0 rings (SSSR count). The third kappa shape index (κ3) is 5.61. The summed E-state index contributed by atoms with van der Waals surface area (Å²) in [6.07, 6.45) is 0.994. The molecule has 0 saturated heterocycles. The second-order valence-corrected chi connectivity index (χ2v) is 2.51. The third-order valence-corrected chi connectivity index (χ3v) is 1.83. The van der Waals surface area contributed by atoms with Gasteiger partial charge in [-0.1, -0.05) is 43.6 Å². The number of Topliss-reactive ketones (excluding diaryl/α,β-unsaturated/α-hetero) is 1. The van der Waals surface area contributed by atoms with Crippen molar-refractivity contribution < 1.29 is 9.59 Å². The molecule has 0 aliphatic rings. The highest BCUT2D eigenvalue weighted by Crippen LogP contribution is 2.15. The Balaban J connectivity index is 0. The van der Waals surface area contributed by atoms with Crippen LogP contribution in [0.4, 0.5) is 0 Å². The molecule has 0 atom stereocenters. The molecule has 0 unspecified atom stereocenters. The Labute approximate surface area is 88.2 Å². The number of allylic oxidation sites excluding steroid dienone is 3. The molecule has 0 aromatic rings. The first-order valence-corrected chi connectivity index (χ1v) is 4.49. The quantitative estimate of drug-likeness (QED) is 0.689. The lowest BCUT2D eigenvalue weighted by Gasteiger charge is -1.93. The Morgan fingerprint density at radius 2 is 1.54 bits per heavy atom. The highest BCUT2D eigenvalue weighted by molar-refractivity contribution is 6.54. The lowest BCUT2D eigenvalue weighted by Crippen LogP contribution is -1.99. The number of ketones is 2. The Hall–Kier alpha value is -0.600. The summed E-state index contributed by atoms with van der Waals surface area (Å²) in [7, 11) is 0. The van der Waals surface area contributed by atoms with Crippen molar-refractivity contribution in [1.82, 2.24) is 0 Å². The van der Waals surface area contributed by atoms with Gasteiger partial charge in [0.15, 0.2) is 11.6 Å². The minimum absolute atomic E-state index is 0.253. The molecule has 0 saturated carbocycles. The molecule has 2 nitrogen and oxygen atoms in total. The van der Waals surface area contributed by atoms with Crippen molar-refractivity contribution in [1.29, 1.82) is 0 Å². The smallest absolute Gasteiger partial charge is 0.198 e. The molecule has 13 heavy (non-hydrogen) atoms. The molecule has 0 heterocycles. The maximum Gasteiger partial charge on any atom is 0.198 e. The molecule has 0 aromatic carbocycles. The van der Waals surface area contributed by atoms with Gasteiger partial charge in [0.1, 0.15) is 10.1 Å². The highest BCUT2D eigenvalue weighted by Gasteiger charge is 2.11. The largest absolute Gasteiger partial charge is 0.293 e. The molecular weight excluding hydrogens is 211 g/mol. The van der Waals surface area contributed by atoms with Crippen molar-refractivity contribution in [2.75, 3.05) is 0 Å². The van der Waals surface area contributed by atoms with E-state index in [1.54, 1.807) is 0 Å². The van der Waals surface area contributed by atoms with Crippen LogP contribution in [0.3, 0.4) is 0 Å². The van der Waals surface area contributed by atoms with Crippen molar-refractivity contribution in [2.45, 2.75) is 20.8 Å². The molecule has 0 fully saturated rings. The minimum Gasteiger partial charge on any atom is -0.293 e. The van der Waals surface area contributed by atoms with Crippen LogP contribution in [0.5, 0.6) is 0 Å². The summed E-state index contributed by atoms with van der Waals surface area (Å²) in [6, 6.07) is 0. The number of carbonyl (C=O) groups excluding carboxylic acids is 2. The van der Waals surface area contributed by atoms with Gasteiger partial charge in [0.2, 0.25) is 0 Å². The van der Waals surface area contributed by atoms with Crippen LogP contribution in [0.2, 0.25) is 0 Å². The fourth-order valence-corrected chi connectivity index (χ4v) is 0.656. The summed E-state index contributed by atoms with van der Waals surface area (Å²) in [5.74, 6) is -0.987. The SMILES string of the molecule is C=CC(=O)/C(Cl)=C(/Cl)C(C)=O.CC. The predicted octanol–water partition coefficient (Wildman–Crippen LogP) is 3.05. The lowest BCUT2D eigenvalue weighted by atomic mass is 10.3. The summed E-state index contributed by atoms with van der Waals surface area (Å²) < 4.78 is 0. The van der Waals surface area contributed by atoms with Crippen LogP contribution in [-0.4, -0.2) is 11.6 Å². The van der Waals surface area contributed by atoms with Crippen molar-refractivity contribution in [3.8, 4) is 0 Å². The van der Waals surface area contributed by atoms with Gasteiger partial charge in [0.05, 0.1) is 0 Å². The Bertz CT molecular complexity index is 242. The van der Waals surface area contributed by atoms with Gasteiger partial charge < -0.3 is 0 Å². The van der Waals surface area contributed by atoms with Gasteiger partial charge >= 0.3 is 0 Å². The van der Waals surface area contributed by atoms with Gasteiger partial charge in [-0.25, -0.2) is 0 Å². The van der Waals surface area contributed by atoms with E-state index in [4.69, 9.17) is 23.2 Å². The van der Waals surface area contributed by atoms with Crippen molar-refractivity contribution in [3.05, 3.63) is 22.7 Å². The average molecular weight is 223 g/mol. The van der Waals surface area contributed by atoms with Gasteiger partial charge in [-0.05, 0) is 6.08 Å².